The topological polar surface area (TPSA) is 109 Å². The first kappa shape index (κ1) is 19.5. The zero-order valence-corrected chi connectivity index (χ0v) is 17.0. The van der Waals surface area contributed by atoms with Crippen molar-refractivity contribution in [1.82, 2.24) is 14.9 Å². The summed E-state index contributed by atoms with van der Waals surface area (Å²) < 4.78 is 27.2. The summed E-state index contributed by atoms with van der Waals surface area (Å²) >= 11 is 1.46. The third-order valence-corrected chi connectivity index (χ3v) is 6.83. The van der Waals surface area contributed by atoms with E-state index in [1.165, 1.54) is 11.3 Å². The lowest BCUT2D eigenvalue weighted by molar-refractivity contribution is -0.147. The predicted molar refractivity (Wildman–Crippen MR) is 111 cm³/mol. The third kappa shape index (κ3) is 4.43. The molecule has 150 valence electrons. The molecule has 0 aliphatic carbocycles. The minimum Gasteiger partial charge on any atom is -0.284 e. The van der Waals surface area contributed by atoms with Gasteiger partial charge in [-0.15, -0.1) is 0 Å². The highest BCUT2D eigenvalue weighted by atomic mass is 32.2. The number of piperidine rings is 1. The highest BCUT2D eigenvalue weighted by molar-refractivity contribution is 7.92. The first-order valence-electron chi connectivity index (χ1n) is 9.07. The van der Waals surface area contributed by atoms with Crippen LogP contribution >= 0.6 is 11.3 Å². The molecular weight excluding hydrogens is 412 g/mol. The van der Waals surface area contributed by atoms with E-state index < -0.39 is 10.0 Å². The molecule has 0 atom stereocenters. The molecule has 3 aromatic rings. The fourth-order valence-electron chi connectivity index (χ4n) is 3.07. The van der Waals surface area contributed by atoms with E-state index in [0.717, 1.165) is 25.8 Å². The summed E-state index contributed by atoms with van der Waals surface area (Å²) in [6.45, 7) is -0.135. The molecule has 1 fully saturated rings. The number of sulfonamides is 1. The Kier molecular flexibility index (Phi) is 5.29. The molecule has 1 aromatic carbocycles. The minimum absolute atomic E-state index is 0.135. The molecule has 2 aromatic heterocycles. The van der Waals surface area contributed by atoms with Crippen molar-refractivity contribution in [3.05, 3.63) is 42.6 Å². The lowest BCUT2D eigenvalue weighted by Gasteiger charge is -2.24. The second kappa shape index (κ2) is 7.88. The Balaban J connectivity index is 1.42. The molecular formula is C19H18N4O4S2. The quantitative estimate of drug-likeness (QED) is 0.602. The highest BCUT2D eigenvalue weighted by Gasteiger charge is 2.27. The Morgan fingerprint density at radius 2 is 1.79 bits per heavy atom. The van der Waals surface area contributed by atoms with Gasteiger partial charge in [0.15, 0.2) is 0 Å². The number of carbonyl (C=O) groups excluding carboxylic acids is 2. The molecule has 8 nitrogen and oxygen atoms in total. The summed E-state index contributed by atoms with van der Waals surface area (Å²) in [5, 5.41) is 0.801. The Hall–Kier alpha value is -2.85. The molecule has 1 aliphatic rings. The van der Waals surface area contributed by atoms with Gasteiger partial charge in [0.05, 0.1) is 5.75 Å². The first-order chi connectivity index (χ1) is 13.9. The molecule has 2 amide bonds. The van der Waals surface area contributed by atoms with Gasteiger partial charge < -0.3 is 0 Å². The number of hydrogen-bond acceptors (Lipinski definition) is 7. The highest BCUT2D eigenvalue weighted by Crippen LogP contribution is 2.29. The number of nitrogens with zero attached hydrogens (tertiary/aromatic N) is 3. The summed E-state index contributed by atoms with van der Waals surface area (Å²) in [5.41, 5.74) is 2.09. The van der Waals surface area contributed by atoms with Gasteiger partial charge in [0, 0.05) is 36.8 Å². The van der Waals surface area contributed by atoms with E-state index in [9.17, 15) is 18.0 Å². The summed E-state index contributed by atoms with van der Waals surface area (Å²) in [6, 6.07) is 10.6. The molecule has 1 N–H and O–H groups in total. The number of hydrogen-bond donors (Lipinski definition) is 1. The molecule has 3 heterocycles. The van der Waals surface area contributed by atoms with Gasteiger partial charge in [-0.3, -0.25) is 19.2 Å². The van der Waals surface area contributed by atoms with Crippen molar-refractivity contribution in [2.24, 2.45) is 0 Å². The van der Waals surface area contributed by atoms with Crippen molar-refractivity contribution in [1.29, 1.82) is 0 Å². The summed E-state index contributed by atoms with van der Waals surface area (Å²) in [5.74, 6) is -0.965. The minimum atomic E-state index is -3.70. The molecule has 4 rings (SSSR count). The number of aromatic nitrogens is 2. The van der Waals surface area contributed by atoms with Crippen LogP contribution in [0.25, 0.3) is 20.9 Å². The lowest BCUT2D eigenvalue weighted by Crippen LogP contribution is -2.43. The Bertz CT molecular complexity index is 1120. The number of pyridine rings is 1. The van der Waals surface area contributed by atoms with Gasteiger partial charge in [0.2, 0.25) is 21.8 Å². The fourth-order valence-corrected chi connectivity index (χ4v) is 5.00. The molecule has 29 heavy (non-hydrogen) atoms. The van der Waals surface area contributed by atoms with Crippen molar-refractivity contribution < 1.29 is 18.0 Å². The average molecular weight is 431 g/mol. The van der Waals surface area contributed by atoms with Crippen molar-refractivity contribution in [2.45, 2.75) is 19.3 Å². The van der Waals surface area contributed by atoms with Gasteiger partial charge in [-0.1, -0.05) is 11.3 Å². The van der Waals surface area contributed by atoms with E-state index in [2.05, 4.69) is 14.7 Å². The SMILES string of the molecule is O=C1CCCC(=O)N1CCS(=O)(=O)Nc1ccc(-c2nc3cccnc3s2)cc1. The Morgan fingerprint density at radius 1 is 1.07 bits per heavy atom. The molecule has 10 heteroatoms. The standard InChI is InChI=1S/C19H18N4O4S2/c24-16-4-1-5-17(25)23(16)11-12-29(26,27)22-14-8-6-13(7-9-14)18-21-15-3-2-10-20-19(15)28-18/h2-3,6-10,22H,1,4-5,11-12H2. The molecule has 1 saturated heterocycles. The third-order valence-electron chi connectivity index (χ3n) is 4.54. The van der Waals surface area contributed by atoms with Crippen LogP contribution in [0.4, 0.5) is 5.69 Å². The first-order valence-corrected chi connectivity index (χ1v) is 11.5. The number of fused-ring (bicyclic) bond motifs is 1. The van der Waals surface area contributed by atoms with Crippen molar-refractivity contribution in [3.63, 3.8) is 0 Å². The predicted octanol–water partition coefficient (Wildman–Crippen LogP) is 2.64. The normalized spacial score (nSPS) is 15.1. The van der Waals surface area contributed by atoms with Crippen molar-refractivity contribution in [3.8, 4) is 10.6 Å². The summed E-state index contributed by atoms with van der Waals surface area (Å²) in [7, 11) is -3.70. The summed E-state index contributed by atoms with van der Waals surface area (Å²) in [4.78, 5) is 34.3. The number of carbonyl (C=O) groups is 2. The fraction of sp³-hybridized carbons (Fsp3) is 0.263. The lowest BCUT2D eigenvalue weighted by atomic mass is 10.1. The number of likely N-dealkylation sites (tertiary alicyclic amines) is 1. The molecule has 0 bridgehead atoms. The van der Waals surface area contributed by atoms with Crippen molar-refractivity contribution in [2.75, 3.05) is 17.0 Å². The van der Waals surface area contributed by atoms with Gasteiger partial charge in [0.25, 0.3) is 0 Å². The van der Waals surface area contributed by atoms with Crippen LogP contribution in [0.5, 0.6) is 0 Å². The number of benzene rings is 1. The number of imide groups is 1. The molecule has 1 aliphatic heterocycles. The Morgan fingerprint density at radius 3 is 2.48 bits per heavy atom. The second-order valence-electron chi connectivity index (χ2n) is 6.64. The van der Waals surface area contributed by atoms with E-state index in [-0.39, 0.29) is 37.0 Å². The van der Waals surface area contributed by atoms with Crippen LogP contribution < -0.4 is 4.72 Å². The number of nitrogens with one attached hydrogen (secondary N) is 1. The zero-order valence-electron chi connectivity index (χ0n) is 15.4. The maximum Gasteiger partial charge on any atom is 0.234 e. The van der Waals surface area contributed by atoms with Crippen LogP contribution in [0.3, 0.4) is 0 Å². The maximum atomic E-state index is 12.3. The zero-order chi connectivity index (χ0) is 20.4. The maximum absolute atomic E-state index is 12.3. The van der Waals surface area contributed by atoms with Gasteiger partial charge in [0.1, 0.15) is 15.4 Å². The van der Waals surface area contributed by atoms with Gasteiger partial charge in [-0.25, -0.2) is 18.4 Å². The van der Waals surface area contributed by atoms with Crippen LogP contribution in [0.15, 0.2) is 42.6 Å². The second-order valence-corrected chi connectivity index (χ2v) is 9.46. The van der Waals surface area contributed by atoms with Crippen LogP contribution in [0.2, 0.25) is 0 Å². The van der Waals surface area contributed by atoms with Gasteiger partial charge >= 0.3 is 0 Å². The molecule has 0 spiro atoms. The van der Waals surface area contributed by atoms with E-state index in [1.807, 2.05) is 12.1 Å². The molecule has 0 saturated carbocycles. The van der Waals surface area contributed by atoms with Gasteiger partial charge in [-0.05, 0) is 42.8 Å². The van der Waals surface area contributed by atoms with Crippen LogP contribution in [-0.4, -0.2) is 47.4 Å². The van der Waals surface area contributed by atoms with Crippen LogP contribution in [0.1, 0.15) is 19.3 Å². The average Bonchev–Trinajstić information content (AvgIpc) is 3.12. The smallest absolute Gasteiger partial charge is 0.234 e. The van der Waals surface area contributed by atoms with Crippen molar-refractivity contribution >= 4 is 49.2 Å². The van der Waals surface area contributed by atoms with E-state index in [0.29, 0.717) is 12.1 Å². The number of anilines is 1. The van der Waals surface area contributed by atoms with E-state index in [4.69, 9.17) is 0 Å². The van der Waals surface area contributed by atoms with Gasteiger partial charge in [-0.2, -0.15) is 0 Å². The van der Waals surface area contributed by atoms with Crippen LogP contribution in [0, 0.1) is 0 Å². The monoisotopic (exact) mass is 430 g/mol. The molecule has 0 radical (unpaired) electrons. The number of amides is 2. The van der Waals surface area contributed by atoms with Crippen LogP contribution in [-0.2, 0) is 19.6 Å². The van der Waals surface area contributed by atoms with E-state index >= 15 is 0 Å². The largest absolute Gasteiger partial charge is 0.284 e. The Labute approximate surface area is 171 Å². The summed E-state index contributed by atoms with van der Waals surface area (Å²) in [6.07, 6.45) is 2.80. The molecule has 0 unspecified atom stereocenters. The number of thiazole rings is 1. The number of rotatable bonds is 6. The van der Waals surface area contributed by atoms with E-state index in [1.54, 1.807) is 30.5 Å².